The van der Waals surface area contributed by atoms with E-state index in [1.165, 1.54) is 24.0 Å². The van der Waals surface area contributed by atoms with Crippen LogP contribution in [0.4, 0.5) is 0 Å². The minimum Gasteiger partial charge on any atom is -0.310 e. The summed E-state index contributed by atoms with van der Waals surface area (Å²) in [5.74, 6) is 0. The summed E-state index contributed by atoms with van der Waals surface area (Å²) in [6, 6.07) is 9.20. The van der Waals surface area contributed by atoms with Gasteiger partial charge < -0.3 is 5.32 Å². The highest BCUT2D eigenvalue weighted by Gasteiger charge is 2.19. The zero-order valence-electron chi connectivity index (χ0n) is 8.96. The van der Waals surface area contributed by atoms with Gasteiger partial charge in [0.1, 0.15) is 0 Å². The molecule has 1 N–H and O–H groups in total. The van der Waals surface area contributed by atoms with Crippen LogP contribution in [-0.4, -0.2) is 12.6 Å². The van der Waals surface area contributed by atoms with Crippen LogP contribution in [0, 0.1) is 0 Å². The highest BCUT2D eigenvalue weighted by Crippen LogP contribution is 2.19. The molecule has 0 aliphatic heterocycles. The van der Waals surface area contributed by atoms with E-state index in [1.54, 1.807) is 0 Å². The van der Waals surface area contributed by atoms with Crippen LogP contribution in [0.2, 0.25) is 0 Å². The molecule has 1 fully saturated rings. The van der Waals surface area contributed by atoms with Crippen LogP contribution in [0.3, 0.4) is 0 Å². The van der Waals surface area contributed by atoms with E-state index >= 15 is 0 Å². The molecule has 0 spiro atoms. The minimum atomic E-state index is 0.790. The summed E-state index contributed by atoms with van der Waals surface area (Å²) in [4.78, 5) is 0. The van der Waals surface area contributed by atoms with Gasteiger partial charge in [-0.05, 0) is 37.5 Å². The van der Waals surface area contributed by atoms with Gasteiger partial charge in [-0.25, -0.2) is 0 Å². The predicted octanol–water partition coefficient (Wildman–Crippen LogP) is 3.60. The summed E-state index contributed by atoms with van der Waals surface area (Å²) in [7, 11) is 0. The van der Waals surface area contributed by atoms with Crippen LogP contribution in [0.15, 0.2) is 34.3 Å². The lowest BCUT2D eigenvalue weighted by molar-refractivity contribution is 0.736. The van der Waals surface area contributed by atoms with Crippen LogP contribution in [0.1, 0.15) is 25.3 Å². The lowest BCUT2D eigenvalue weighted by Gasteiger charge is -2.03. The highest BCUT2D eigenvalue weighted by molar-refractivity contribution is 9.10. The Morgan fingerprint density at radius 1 is 1.40 bits per heavy atom. The van der Waals surface area contributed by atoms with Crippen LogP contribution < -0.4 is 5.32 Å². The van der Waals surface area contributed by atoms with Gasteiger partial charge in [-0.15, -0.1) is 0 Å². The Hall–Kier alpha value is -0.600. The average Bonchev–Trinajstić information content (AvgIpc) is 3.02. The molecular weight excluding hydrogens is 250 g/mol. The van der Waals surface area contributed by atoms with Gasteiger partial charge in [0.2, 0.25) is 0 Å². The molecule has 0 aromatic heterocycles. The van der Waals surface area contributed by atoms with Gasteiger partial charge in [-0.3, -0.25) is 0 Å². The van der Waals surface area contributed by atoms with Gasteiger partial charge in [-0.2, -0.15) is 0 Å². The van der Waals surface area contributed by atoms with Crippen molar-refractivity contribution in [2.24, 2.45) is 0 Å². The smallest absolute Gasteiger partial charge is 0.0175 e. The van der Waals surface area contributed by atoms with Crippen molar-refractivity contribution in [3.05, 3.63) is 39.9 Å². The Labute approximate surface area is 99.7 Å². The zero-order chi connectivity index (χ0) is 10.7. The third kappa shape index (κ3) is 3.80. The quantitative estimate of drug-likeness (QED) is 0.877. The topological polar surface area (TPSA) is 12.0 Å². The van der Waals surface area contributed by atoms with Crippen LogP contribution in [-0.2, 0) is 0 Å². The van der Waals surface area contributed by atoms with Crippen LogP contribution in [0.25, 0.3) is 6.08 Å². The average molecular weight is 266 g/mol. The van der Waals surface area contributed by atoms with Gasteiger partial charge in [0.25, 0.3) is 0 Å². The van der Waals surface area contributed by atoms with Crippen molar-refractivity contribution in [3.8, 4) is 0 Å². The normalized spacial score (nSPS) is 16.8. The van der Waals surface area contributed by atoms with E-state index in [-0.39, 0.29) is 0 Å². The van der Waals surface area contributed by atoms with Crippen molar-refractivity contribution >= 4 is 22.0 Å². The van der Waals surface area contributed by atoms with Crippen LogP contribution in [0.5, 0.6) is 0 Å². The van der Waals surface area contributed by atoms with Gasteiger partial charge >= 0.3 is 0 Å². The maximum Gasteiger partial charge on any atom is 0.0175 e. The fourth-order valence-electron chi connectivity index (χ4n) is 1.49. The molecule has 0 amide bonds. The highest BCUT2D eigenvalue weighted by atomic mass is 79.9. The Bertz CT molecular complexity index is 349. The Morgan fingerprint density at radius 3 is 2.67 bits per heavy atom. The van der Waals surface area contributed by atoms with Crippen molar-refractivity contribution in [3.63, 3.8) is 0 Å². The Kier molecular flexibility index (Phi) is 3.60. The lowest BCUT2D eigenvalue weighted by atomic mass is 10.1. The van der Waals surface area contributed by atoms with Crippen molar-refractivity contribution in [1.29, 1.82) is 0 Å². The summed E-state index contributed by atoms with van der Waals surface area (Å²) >= 11 is 3.44. The molecule has 0 bridgehead atoms. The molecule has 1 aliphatic rings. The Morgan fingerprint density at radius 2 is 2.07 bits per heavy atom. The lowest BCUT2D eigenvalue weighted by Crippen LogP contribution is -2.18. The molecule has 1 aromatic carbocycles. The number of rotatable bonds is 4. The third-order valence-electron chi connectivity index (χ3n) is 2.53. The molecule has 0 saturated heterocycles. The van der Waals surface area contributed by atoms with Crippen molar-refractivity contribution in [1.82, 2.24) is 5.32 Å². The summed E-state index contributed by atoms with van der Waals surface area (Å²) < 4.78 is 1.13. The van der Waals surface area contributed by atoms with E-state index in [0.29, 0.717) is 0 Å². The van der Waals surface area contributed by atoms with Gasteiger partial charge in [0, 0.05) is 17.1 Å². The molecule has 0 radical (unpaired) electrons. The van der Waals surface area contributed by atoms with E-state index in [1.807, 2.05) is 0 Å². The number of hydrogen-bond acceptors (Lipinski definition) is 1. The van der Waals surface area contributed by atoms with E-state index in [9.17, 15) is 0 Å². The fraction of sp³-hybridized carbons (Fsp3) is 0.385. The third-order valence-corrected chi connectivity index (χ3v) is 3.06. The SMILES string of the molecule is CC(=Cc1ccc(Br)cc1)CNC1CC1. The van der Waals surface area contributed by atoms with Crippen LogP contribution >= 0.6 is 15.9 Å². The molecule has 1 nitrogen and oxygen atoms in total. The van der Waals surface area contributed by atoms with Gasteiger partial charge in [0.05, 0.1) is 0 Å². The maximum atomic E-state index is 3.51. The second-order valence-corrected chi connectivity index (χ2v) is 5.11. The first kappa shape index (κ1) is 10.9. The van der Waals surface area contributed by atoms with Crippen molar-refractivity contribution in [2.75, 3.05) is 6.54 Å². The second-order valence-electron chi connectivity index (χ2n) is 4.20. The molecule has 2 rings (SSSR count). The first-order valence-corrected chi connectivity index (χ1v) is 6.19. The number of nitrogens with one attached hydrogen (secondary N) is 1. The standard InChI is InChI=1S/C13H16BrN/c1-10(9-15-13-6-7-13)8-11-2-4-12(14)5-3-11/h2-5,8,13,15H,6-7,9H2,1H3. The molecule has 80 valence electrons. The minimum absolute atomic E-state index is 0.790. The van der Waals surface area contributed by atoms with E-state index < -0.39 is 0 Å². The molecule has 2 heteroatoms. The summed E-state index contributed by atoms with van der Waals surface area (Å²) in [6.07, 6.45) is 4.94. The predicted molar refractivity (Wildman–Crippen MR) is 68.8 cm³/mol. The number of benzene rings is 1. The first-order chi connectivity index (χ1) is 7.24. The largest absolute Gasteiger partial charge is 0.310 e. The van der Waals surface area contributed by atoms with Gasteiger partial charge in [-0.1, -0.05) is 39.7 Å². The molecule has 15 heavy (non-hydrogen) atoms. The zero-order valence-corrected chi connectivity index (χ0v) is 10.5. The summed E-state index contributed by atoms with van der Waals surface area (Å²) in [6.45, 7) is 3.19. The second kappa shape index (κ2) is 4.95. The molecule has 0 atom stereocenters. The molecule has 1 aliphatic carbocycles. The van der Waals surface area contributed by atoms with E-state index in [4.69, 9.17) is 0 Å². The van der Waals surface area contributed by atoms with Crippen molar-refractivity contribution in [2.45, 2.75) is 25.8 Å². The molecule has 0 unspecified atom stereocenters. The van der Waals surface area contributed by atoms with E-state index in [2.05, 4.69) is 58.5 Å². The van der Waals surface area contributed by atoms with Gasteiger partial charge in [0.15, 0.2) is 0 Å². The van der Waals surface area contributed by atoms with E-state index in [0.717, 1.165) is 17.1 Å². The number of halogens is 1. The fourth-order valence-corrected chi connectivity index (χ4v) is 1.75. The van der Waals surface area contributed by atoms with Crippen molar-refractivity contribution < 1.29 is 0 Å². The Balaban J connectivity index is 1.91. The molecular formula is C13H16BrN. The maximum absolute atomic E-state index is 3.51. The monoisotopic (exact) mass is 265 g/mol. The first-order valence-electron chi connectivity index (χ1n) is 5.40. The molecule has 0 heterocycles. The molecule has 1 saturated carbocycles. The summed E-state index contributed by atoms with van der Waals surface area (Å²) in [5, 5.41) is 3.51. The number of hydrogen-bond donors (Lipinski definition) is 1. The summed E-state index contributed by atoms with van der Waals surface area (Å²) in [5.41, 5.74) is 2.66. The molecule has 1 aromatic rings.